The normalized spacial score (nSPS) is 11.3. The van der Waals surface area contributed by atoms with Gasteiger partial charge in [-0.2, -0.15) is 0 Å². The molecule has 0 radical (unpaired) electrons. The van der Waals surface area contributed by atoms with E-state index in [1.165, 1.54) is 0 Å². The minimum atomic E-state index is -0.799. The van der Waals surface area contributed by atoms with Crippen LogP contribution in [0.15, 0.2) is 28.7 Å². The largest absolute Gasteiger partial charge is 0.450 e. The van der Waals surface area contributed by atoms with Crippen LogP contribution in [0.25, 0.3) is 11.0 Å². The topological polar surface area (TPSA) is 107 Å². The summed E-state index contributed by atoms with van der Waals surface area (Å²) in [6, 6.07) is 6.49. The first kappa shape index (κ1) is 20.4. The molecule has 27 heavy (non-hydrogen) atoms. The number of hydrogen-bond donors (Lipinski definition) is 2. The van der Waals surface area contributed by atoms with Gasteiger partial charge in [0.05, 0.1) is 6.61 Å². The Morgan fingerprint density at radius 2 is 1.85 bits per heavy atom. The van der Waals surface area contributed by atoms with E-state index in [0.29, 0.717) is 17.8 Å². The van der Waals surface area contributed by atoms with Crippen molar-refractivity contribution in [1.82, 2.24) is 10.6 Å². The minimum absolute atomic E-state index is 0.0170. The van der Waals surface area contributed by atoms with Crippen LogP contribution in [0.1, 0.15) is 43.8 Å². The van der Waals surface area contributed by atoms with Crippen LogP contribution < -0.4 is 10.6 Å². The highest BCUT2D eigenvalue weighted by Gasteiger charge is 2.23. The number of esters is 1. The van der Waals surface area contributed by atoms with Crippen LogP contribution in [0.4, 0.5) is 4.79 Å². The first-order valence-electron chi connectivity index (χ1n) is 8.58. The molecule has 0 aliphatic heterocycles. The van der Waals surface area contributed by atoms with E-state index in [4.69, 9.17) is 13.9 Å². The van der Waals surface area contributed by atoms with Crippen LogP contribution in [0, 0.1) is 0 Å². The van der Waals surface area contributed by atoms with E-state index in [2.05, 4.69) is 10.6 Å². The molecule has 0 aliphatic rings. The van der Waals surface area contributed by atoms with Crippen LogP contribution in [-0.2, 0) is 20.9 Å². The summed E-state index contributed by atoms with van der Waals surface area (Å²) in [7, 11) is 0. The zero-order valence-corrected chi connectivity index (χ0v) is 15.9. The molecule has 1 aromatic carbocycles. The average molecular weight is 376 g/mol. The van der Waals surface area contributed by atoms with E-state index in [-0.39, 0.29) is 12.4 Å². The summed E-state index contributed by atoms with van der Waals surface area (Å²) >= 11 is 0. The highest BCUT2D eigenvalue weighted by atomic mass is 16.5. The molecule has 8 heteroatoms. The van der Waals surface area contributed by atoms with Gasteiger partial charge in [-0.15, -0.1) is 0 Å². The van der Waals surface area contributed by atoms with Gasteiger partial charge in [-0.25, -0.2) is 9.59 Å². The predicted molar refractivity (Wildman–Crippen MR) is 98.3 cm³/mol. The molecule has 1 heterocycles. The smallest absolute Gasteiger partial charge is 0.375 e. The van der Waals surface area contributed by atoms with E-state index >= 15 is 0 Å². The van der Waals surface area contributed by atoms with Crippen molar-refractivity contribution in [1.29, 1.82) is 0 Å². The van der Waals surface area contributed by atoms with Crippen molar-refractivity contribution in [3.63, 3.8) is 0 Å². The van der Waals surface area contributed by atoms with Crippen LogP contribution in [0.3, 0.4) is 0 Å². The molecule has 0 spiro atoms. The van der Waals surface area contributed by atoms with E-state index in [1.807, 2.05) is 19.1 Å². The predicted octanol–water partition coefficient (Wildman–Crippen LogP) is 2.75. The van der Waals surface area contributed by atoms with Crippen LogP contribution >= 0.6 is 0 Å². The first-order chi connectivity index (χ1) is 12.7. The lowest BCUT2D eigenvalue weighted by molar-refractivity contribution is -0.123. The summed E-state index contributed by atoms with van der Waals surface area (Å²) < 4.78 is 16.0. The Hall–Kier alpha value is -2.87. The number of carbonyl (C=O) groups excluding carboxylic acids is 3. The molecule has 0 unspecified atom stereocenters. The third kappa shape index (κ3) is 5.82. The van der Waals surface area contributed by atoms with Crippen LogP contribution in [0.2, 0.25) is 0 Å². The Morgan fingerprint density at radius 1 is 1.15 bits per heavy atom. The number of fused-ring (bicyclic) bond motifs is 1. The fourth-order valence-electron chi connectivity index (χ4n) is 2.34. The van der Waals surface area contributed by atoms with Gasteiger partial charge >= 0.3 is 12.0 Å². The molecule has 2 N–H and O–H groups in total. The standard InChI is InChI=1S/C19H24N2O6/c1-5-25-10-13-12-8-6-7-9-14(12)27-16(13)17(23)26-11-15(22)20-18(24)21-19(2,3)4/h6-9H,5,10-11H2,1-4H3,(H2,20,21,22,24). The fraction of sp³-hybridized carbons (Fsp3) is 0.421. The molecule has 0 fully saturated rings. The maximum absolute atomic E-state index is 12.4. The number of furan rings is 1. The Labute approximate surface area is 157 Å². The van der Waals surface area contributed by atoms with Crippen molar-refractivity contribution < 1.29 is 28.3 Å². The van der Waals surface area contributed by atoms with Gasteiger partial charge in [-0.1, -0.05) is 18.2 Å². The molecule has 0 bridgehead atoms. The van der Waals surface area contributed by atoms with Gasteiger partial charge in [-0.05, 0) is 33.8 Å². The molecule has 8 nitrogen and oxygen atoms in total. The highest BCUT2D eigenvalue weighted by Crippen LogP contribution is 2.27. The molecule has 2 aromatic rings. The van der Waals surface area contributed by atoms with E-state index in [9.17, 15) is 14.4 Å². The van der Waals surface area contributed by atoms with Crippen molar-refractivity contribution in [3.8, 4) is 0 Å². The summed E-state index contributed by atoms with van der Waals surface area (Å²) in [6.45, 7) is 7.21. The average Bonchev–Trinajstić information content (AvgIpc) is 2.94. The van der Waals surface area contributed by atoms with Crippen molar-refractivity contribution >= 4 is 28.9 Å². The Morgan fingerprint density at radius 3 is 2.52 bits per heavy atom. The van der Waals surface area contributed by atoms with Gasteiger partial charge in [0.1, 0.15) is 5.58 Å². The number of benzene rings is 1. The fourth-order valence-corrected chi connectivity index (χ4v) is 2.34. The zero-order chi connectivity index (χ0) is 20.0. The van der Waals surface area contributed by atoms with Gasteiger partial charge in [-0.3, -0.25) is 10.1 Å². The molecule has 0 saturated carbocycles. The molecule has 1 aromatic heterocycles. The second-order valence-electron chi connectivity index (χ2n) is 6.87. The molecular weight excluding hydrogens is 352 g/mol. The third-order valence-electron chi connectivity index (χ3n) is 3.41. The van der Waals surface area contributed by atoms with Gasteiger partial charge in [0.25, 0.3) is 5.91 Å². The number of rotatable bonds is 6. The second-order valence-corrected chi connectivity index (χ2v) is 6.87. The third-order valence-corrected chi connectivity index (χ3v) is 3.41. The number of imide groups is 1. The van der Waals surface area contributed by atoms with Crippen molar-refractivity contribution in [2.24, 2.45) is 0 Å². The number of hydrogen-bond acceptors (Lipinski definition) is 6. The molecule has 0 saturated heterocycles. The van der Waals surface area contributed by atoms with Crippen molar-refractivity contribution in [3.05, 3.63) is 35.6 Å². The van der Waals surface area contributed by atoms with Crippen molar-refractivity contribution in [2.45, 2.75) is 39.8 Å². The monoisotopic (exact) mass is 376 g/mol. The quantitative estimate of drug-likeness (QED) is 0.751. The summed E-state index contributed by atoms with van der Waals surface area (Å²) in [6.07, 6.45) is 0. The number of nitrogens with one attached hydrogen (secondary N) is 2. The van der Waals surface area contributed by atoms with E-state index in [0.717, 1.165) is 5.39 Å². The molecular formula is C19H24N2O6. The van der Waals surface area contributed by atoms with E-state index < -0.39 is 30.1 Å². The lowest BCUT2D eigenvalue weighted by Gasteiger charge is -2.20. The Bertz CT molecular complexity index is 834. The maximum atomic E-state index is 12.4. The molecule has 2 rings (SSSR count). The van der Waals surface area contributed by atoms with Crippen molar-refractivity contribution in [2.75, 3.05) is 13.2 Å². The first-order valence-corrected chi connectivity index (χ1v) is 8.58. The number of amides is 3. The SMILES string of the molecule is CCOCc1c(C(=O)OCC(=O)NC(=O)NC(C)(C)C)oc2ccccc12. The maximum Gasteiger partial charge on any atom is 0.375 e. The highest BCUT2D eigenvalue weighted by molar-refractivity contribution is 5.99. The molecule has 0 aliphatic carbocycles. The lowest BCUT2D eigenvalue weighted by atomic mass is 10.1. The number of ether oxygens (including phenoxy) is 2. The summed E-state index contributed by atoms with van der Waals surface area (Å²) in [5.74, 6) is -1.56. The summed E-state index contributed by atoms with van der Waals surface area (Å²) in [5.41, 5.74) is 0.584. The molecule has 3 amide bonds. The Balaban J connectivity index is 2.03. The van der Waals surface area contributed by atoms with Gasteiger partial charge in [0.2, 0.25) is 5.76 Å². The molecule has 146 valence electrons. The number of urea groups is 1. The summed E-state index contributed by atoms with van der Waals surface area (Å²) in [4.78, 5) is 35.8. The number of para-hydroxylation sites is 1. The molecule has 0 atom stereocenters. The number of carbonyl (C=O) groups is 3. The van der Waals surface area contributed by atoms with Crippen LogP contribution in [-0.4, -0.2) is 36.7 Å². The van der Waals surface area contributed by atoms with Gasteiger partial charge < -0.3 is 19.2 Å². The summed E-state index contributed by atoms with van der Waals surface area (Å²) in [5, 5.41) is 5.41. The minimum Gasteiger partial charge on any atom is -0.450 e. The zero-order valence-electron chi connectivity index (χ0n) is 15.9. The van der Waals surface area contributed by atoms with Gasteiger partial charge in [0, 0.05) is 23.1 Å². The van der Waals surface area contributed by atoms with Crippen LogP contribution in [0.5, 0.6) is 0 Å². The van der Waals surface area contributed by atoms with Gasteiger partial charge in [0.15, 0.2) is 6.61 Å². The Kier molecular flexibility index (Phi) is 6.57. The van der Waals surface area contributed by atoms with E-state index in [1.54, 1.807) is 32.9 Å². The lowest BCUT2D eigenvalue weighted by Crippen LogP contribution is -2.49. The second kappa shape index (κ2) is 8.68.